The van der Waals surface area contributed by atoms with Gasteiger partial charge in [-0.05, 0) is 31.2 Å². The topological polar surface area (TPSA) is 109 Å². The van der Waals surface area contributed by atoms with Gasteiger partial charge in [0, 0.05) is 12.4 Å². The smallest absolute Gasteiger partial charge is 0.371 e. The average Bonchev–Trinajstić information content (AvgIpc) is 2.59. The molecule has 0 saturated heterocycles. The van der Waals surface area contributed by atoms with E-state index >= 15 is 0 Å². The lowest BCUT2D eigenvalue weighted by atomic mass is 10.2. The number of hydrogen-bond acceptors (Lipinski definition) is 6. The molecule has 0 radical (unpaired) electrons. The van der Waals surface area contributed by atoms with Crippen molar-refractivity contribution in [3.05, 3.63) is 74.6 Å². The fraction of sp³-hybridized carbons (Fsp3) is 0.118. The highest BCUT2D eigenvalue weighted by atomic mass is 32.2. The summed E-state index contributed by atoms with van der Waals surface area (Å²) >= 11 is 0. The highest BCUT2D eigenvalue weighted by molar-refractivity contribution is 7.87. The molecule has 0 aliphatic rings. The number of aromatic nitrogens is 1. The highest BCUT2D eigenvalue weighted by Crippen LogP contribution is 2.34. The Bertz CT molecular complexity index is 1180. The Labute approximate surface area is 148 Å². The molecule has 0 aliphatic carbocycles. The molecule has 0 amide bonds. The van der Waals surface area contributed by atoms with Crippen LogP contribution in [0.2, 0.25) is 0 Å². The molecule has 8 nitrogen and oxygen atoms in total. The second-order valence-corrected chi connectivity index (χ2v) is 7.21. The Balaban J connectivity index is 2.29. The largest absolute Gasteiger partial charge is 0.377 e. The van der Waals surface area contributed by atoms with Crippen LogP contribution in [0.15, 0.2) is 58.2 Å². The van der Waals surface area contributed by atoms with E-state index in [9.17, 15) is 23.3 Å². The van der Waals surface area contributed by atoms with Gasteiger partial charge >= 0.3 is 21.4 Å². The summed E-state index contributed by atoms with van der Waals surface area (Å²) in [5.41, 5.74) is -0.726. The summed E-state index contributed by atoms with van der Waals surface area (Å²) in [7, 11) is -2.99. The number of fused-ring (bicyclic) bond motifs is 1. The number of nitrogens with zero attached hydrogens (tertiary/aromatic N) is 2. The van der Waals surface area contributed by atoms with Gasteiger partial charge < -0.3 is 8.75 Å². The minimum absolute atomic E-state index is 0.150. The average molecular weight is 374 g/mol. The summed E-state index contributed by atoms with van der Waals surface area (Å²) in [4.78, 5) is 22.7. The highest BCUT2D eigenvalue weighted by Gasteiger charge is 2.30. The van der Waals surface area contributed by atoms with E-state index in [4.69, 9.17) is 4.18 Å². The molecule has 0 saturated carbocycles. The molecule has 3 aromatic rings. The number of pyridine rings is 1. The third kappa shape index (κ3) is 2.92. The standard InChI is InChI=1S/C17H14N2O6S/c1-11-7-9-12(10-8-11)26(23,24)25-16-13-5-3-4-6-14(13)18(2)17(20)15(16)19(21)22/h3-10H,1-2H3. The van der Waals surface area contributed by atoms with E-state index in [1.807, 2.05) is 0 Å². The van der Waals surface area contributed by atoms with Crippen molar-refractivity contribution in [1.29, 1.82) is 0 Å². The number of aryl methyl sites for hydroxylation is 2. The maximum atomic E-state index is 12.6. The van der Waals surface area contributed by atoms with E-state index in [0.29, 0.717) is 5.52 Å². The summed E-state index contributed by atoms with van der Waals surface area (Å²) < 4.78 is 31.3. The van der Waals surface area contributed by atoms with Crippen molar-refractivity contribution in [3.8, 4) is 5.75 Å². The molecule has 1 heterocycles. The monoisotopic (exact) mass is 374 g/mol. The van der Waals surface area contributed by atoms with Crippen molar-refractivity contribution in [1.82, 2.24) is 4.57 Å². The van der Waals surface area contributed by atoms with Gasteiger partial charge in [0.05, 0.1) is 10.4 Å². The minimum Gasteiger partial charge on any atom is -0.371 e. The van der Waals surface area contributed by atoms with Crippen LogP contribution in [0.5, 0.6) is 5.75 Å². The molecule has 0 unspecified atom stereocenters. The molecule has 0 bridgehead atoms. The molecule has 0 fully saturated rings. The number of benzene rings is 2. The lowest BCUT2D eigenvalue weighted by Gasteiger charge is -2.12. The fourth-order valence-electron chi connectivity index (χ4n) is 2.56. The number of para-hydroxylation sites is 1. The number of rotatable bonds is 4. The van der Waals surface area contributed by atoms with Crippen LogP contribution in [0, 0.1) is 17.0 Å². The first-order chi connectivity index (χ1) is 12.2. The van der Waals surface area contributed by atoms with E-state index in [2.05, 4.69) is 0 Å². The van der Waals surface area contributed by atoms with Crippen LogP contribution in [0.1, 0.15) is 5.56 Å². The Morgan fingerprint density at radius 1 is 1.08 bits per heavy atom. The summed E-state index contributed by atoms with van der Waals surface area (Å²) in [6, 6.07) is 12.0. The molecule has 9 heteroatoms. The van der Waals surface area contributed by atoms with Gasteiger partial charge in [0.15, 0.2) is 0 Å². The Morgan fingerprint density at radius 3 is 2.31 bits per heavy atom. The summed E-state index contributed by atoms with van der Waals surface area (Å²) in [5, 5.41) is 11.6. The molecule has 0 N–H and O–H groups in total. The lowest BCUT2D eigenvalue weighted by Crippen LogP contribution is -2.23. The van der Waals surface area contributed by atoms with Crippen LogP contribution in [-0.2, 0) is 17.2 Å². The van der Waals surface area contributed by atoms with Crippen LogP contribution >= 0.6 is 0 Å². The van der Waals surface area contributed by atoms with Crippen molar-refractivity contribution in [2.24, 2.45) is 7.05 Å². The number of nitro groups is 1. The normalized spacial score (nSPS) is 11.5. The zero-order chi connectivity index (χ0) is 19.1. The lowest BCUT2D eigenvalue weighted by molar-refractivity contribution is -0.387. The third-order valence-corrected chi connectivity index (χ3v) is 5.15. The van der Waals surface area contributed by atoms with Crippen molar-refractivity contribution in [2.75, 3.05) is 0 Å². The van der Waals surface area contributed by atoms with Gasteiger partial charge in [0.2, 0.25) is 5.75 Å². The van der Waals surface area contributed by atoms with E-state index in [0.717, 1.165) is 10.1 Å². The van der Waals surface area contributed by atoms with Crippen LogP contribution in [-0.4, -0.2) is 17.9 Å². The van der Waals surface area contributed by atoms with Gasteiger partial charge in [-0.2, -0.15) is 8.42 Å². The third-order valence-electron chi connectivity index (χ3n) is 3.92. The SMILES string of the molecule is Cc1ccc(S(=O)(=O)Oc2c([N+](=O)[O-])c(=O)n(C)c3ccccc23)cc1. The van der Waals surface area contributed by atoms with E-state index in [1.54, 1.807) is 37.3 Å². The molecule has 0 aliphatic heterocycles. The molecule has 3 rings (SSSR count). The Kier molecular flexibility index (Phi) is 4.25. The van der Waals surface area contributed by atoms with Crippen molar-refractivity contribution in [2.45, 2.75) is 11.8 Å². The summed E-state index contributed by atoms with van der Waals surface area (Å²) in [5.74, 6) is -0.589. The molecular formula is C17H14N2O6S. The molecule has 0 atom stereocenters. The van der Waals surface area contributed by atoms with Gasteiger partial charge in [-0.15, -0.1) is 0 Å². The first-order valence-corrected chi connectivity index (χ1v) is 8.90. The Hall–Kier alpha value is -3.20. The van der Waals surface area contributed by atoms with Gasteiger partial charge in [-0.25, -0.2) is 0 Å². The van der Waals surface area contributed by atoms with Crippen LogP contribution in [0.25, 0.3) is 10.9 Å². The first-order valence-electron chi connectivity index (χ1n) is 7.49. The quantitative estimate of drug-likeness (QED) is 0.394. The van der Waals surface area contributed by atoms with Gasteiger partial charge in [-0.3, -0.25) is 14.9 Å². The van der Waals surface area contributed by atoms with E-state index in [1.165, 1.54) is 25.2 Å². The van der Waals surface area contributed by atoms with Crippen molar-refractivity contribution < 1.29 is 17.5 Å². The molecule has 26 heavy (non-hydrogen) atoms. The maximum Gasteiger partial charge on any atom is 0.377 e. The van der Waals surface area contributed by atoms with Gasteiger partial charge in [0.25, 0.3) is 0 Å². The Morgan fingerprint density at radius 2 is 1.69 bits per heavy atom. The second kappa shape index (κ2) is 6.26. The zero-order valence-corrected chi connectivity index (χ0v) is 14.7. The van der Waals surface area contributed by atoms with E-state index in [-0.39, 0.29) is 10.3 Å². The van der Waals surface area contributed by atoms with Crippen molar-refractivity contribution >= 4 is 26.7 Å². The molecule has 1 aromatic heterocycles. The fourth-order valence-corrected chi connectivity index (χ4v) is 3.51. The van der Waals surface area contributed by atoms with Crippen LogP contribution in [0.4, 0.5) is 5.69 Å². The van der Waals surface area contributed by atoms with Crippen molar-refractivity contribution in [3.63, 3.8) is 0 Å². The summed E-state index contributed by atoms with van der Waals surface area (Å²) in [6.45, 7) is 1.79. The maximum absolute atomic E-state index is 12.6. The zero-order valence-electron chi connectivity index (χ0n) is 13.9. The van der Waals surface area contributed by atoms with Crippen LogP contribution in [0.3, 0.4) is 0 Å². The molecular weight excluding hydrogens is 360 g/mol. The van der Waals surface area contributed by atoms with Gasteiger partial charge in [0.1, 0.15) is 4.90 Å². The predicted octanol–water partition coefficient (Wildman–Crippen LogP) is 2.52. The molecule has 2 aromatic carbocycles. The summed E-state index contributed by atoms with van der Waals surface area (Å²) in [6.07, 6.45) is 0. The molecule has 0 spiro atoms. The van der Waals surface area contributed by atoms with Gasteiger partial charge in [-0.1, -0.05) is 29.8 Å². The second-order valence-electron chi connectivity index (χ2n) is 5.67. The predicted molar refractivity (Wildman–Crippen MR) is 94.8 cm³/mol. The molecule has 134 valence electrons. The first kappa shape index (κ1) is 17.6. The van der Waals surface area contributed by atoms with E-state index < -0.39 is 32.0 Å². The van der Waals surface area contributed by atoms with Crippen LogP contribution < -0.4 is 9.74 Å². The minimum atomic E-state index is -4.36. The number of hydrogen-bond donors (Lipinski definition) is 0.